The summed E-state index contributed by atoms with van der Waals surface area (Å²) in [5.41, 5.74) is 4.50. The number of benzene rings is 2. The Hall–Kier alpha value is -2.98. The first kappa shape index (κ1) is 17.4. The lowest BCUT2D eigenvalue weighted by Gasteiger charge is -2.05. The Kier molecular flexibility index (Phi) is 6.68. The number of azo groups is 1. The van der Waals surface area contributed by atoms with E-state index >= 15 is 0 Å². The third kappa shape index (κ3) is 5.66. The molecular weight excluding hydrogens is 296 g/mol. The molecule has 24 heavy (non-hydrogen) atoms. The number of rotatable bonds is 7. The Balaban J connectivity index is 1.97. The van der Waals surface area contributed by atoms with Gasteiger partial charge < -0.3 is 10.6 Å². The van der Waals surface area contributed by atoms with E-state index < -0.39 is 0 Å². The maximum atomic E-state index is 4.23. The van der Waals surface area contributed by atoms with Crippen LogP contribution in [-0.4, -0.2) is 7.05 Å². The minimum Gasteiger partial charge on any atom is -0.356 e. The average molecular weight is 319 g/mol. The van der Waals surface area contributed by atoms with Crippen LogP contribution in [0.3, 0.4) is 0 Å². The van der Waals surface area contributed by atoms with Crippen molar-refractivity contribution in [2.75, 3.05) is 12.4 Å². The smallest absolute Gasteiger partial charge is 0.0923 e. The predicted octanol–water partition coefficient (Wildman–Crippen LogP) is 4.68. The van der Waals surface area contributed by atoms with E-state index in [0.717, 1.165) is 22.6 Å². The maximum Gasteiger partial charge on any atom is 0.0923 e. The number of anilines is 2. The van der Waals surface area contributed by atoms with Crippen LogP contribution in [0.4, 0.5) is 17.1 Å². The van der Waals surface area contributed by atoms with Crippen molar-refractivity contribution < 1.29 is 5.32 Å². The van der Waals surface area contributed by atoms with Crippen molar-refractivity contribution in [1.82, 2.24) is 0 Å². The van der Waals surface area contributed by atoms with Gasteiger partial charge in [0.15, 0.2) is 0 Å². The van der Waals surface area contributed by atoms with Crippen LogP contribution < -0.4 is 10.6 Å². The van der Waals surface area contributed by atoms with E-state index in [0.29, 0.717) is 5.70 Å². The molecule has 0 heterocycles. The number of quaternary nitrogens is 1. The van der Waals surface area contributed by atoms with Crippen LogP contribution in [0.5, 0.6) is 0 Å². The van der Waals surface area contributed by atoms with Crippen LogP contribution in [0.15, 0.2) is 101 Å². The molecular formula is C20H23N4+. The highest BCUT2D eigenvalue weighted by Crippen LogP contribution is 2.21. The SMILES string of the molecule is C=C(N=Nc1ccc(Nc2ccccc2)cc1)/C(C)=C\C=C/[NH2+]C. The fraction of sp³-hybridized carbons (Fsp3) is 0.100. The van der Waals surface area contributed by atoms with Crippen molar-refractivity contribution in [3.8, 4) is 0 Å². The molecule has 2 rings (SSSR count). The molecule has 4 heteroatoms. The van der Waals surface area contributed by atoms with E-state index in [-0.39, 0.29) is 0 Å². The van der Waals surface area contributed by atoms with Gasteiger partial charge in [0.05, 0.1) is 24.6 Å². The molecule has 4 nitrogen and oxygen atoms in total. The first-order valence-electron chi connectivity index (χ1n) is 7.85. The second-order valence-electron chi connectivity index (χ2n) is 5.25. The first-order chi connectivity index (χ1) is 11.7. The molecule has 122 valence electrons. The van der Waals surface area contributed by atoms with E-state index in [2.05, 4.69) is 22.1 Å². The summed E-state index contributed by atoms with van der Waals surface area (Å²) in [4.78, 5) is 0. The molecule has 2 aromatic rings. The molecule has 0 aromatic heterocycles. The van der Waals surface area contributed by atoms with Gasteiger partial charge in [0.1, 0.15) is 0 Å². The van der Waals surface area contributed by atoms with Crippen molar-refractivity contribution >= 4 is 17.1 Å². The van der Waals surface area contributed by atoms with Gasteiger partial charge in [0.25, 0.3) is 0 Å². The van der Waals surface area contributed by atoms with Crippen molar-refractivity contribution in [3.63, 3.8) is 0 Å². The van der Waals surface area contributed by atoms with Crippen LogP contribution in [0.25, 0.3) is 0 Å². The van der Waals surface area contributed by atoms with Crippen molar-refractivity contribution in [2.24, 2.45) is 10.2 Å². The third-order valence-electron chi connectivity index (χ3n) is 3.32. The summed E-state index contributed by atoms with van der Waals surface area (Å²) in [5, 5.41) is 13.7. The van der Waals surface area contributed by atoms with E-state index in [9.17, 15) is 0 Å². The minimum atomic E-state index is 0.655. The molecule has 3 N–H and O–H groups in total. The standard InChI is InChI=1S/C20H22N4/c1-16(8-7-15-21-3)17(2)23-24-20-13-11-19(12-14-20)22-18-9-5-4-6-10-18/h4-15,21-22H,2H2,1,3H3/p+1/b15-7-,16-8-,24-23?. The Morgan fingerprint density at radius 2 is 1.71 bits per heavy atom. The second kappa shape index (κ2) is 9.22. The highest BCUT2D eigenvalue weighted by Gasteiger charge is 1.96. The largest absolute Gasteiger partial charge is 0.356 e. The van der Waals surface area contributed by atoms with Gasteiger partial charge in [-0.15, -0.1) is 0 Å². The number of nitrogens with zero attached hydrogens (tertiary/aromatic N) is 2. The van der Waals surface area contributed by atoms with Crippen LogP contribution in [0, 0.1) is 0 Å². The summed E-state index contributed by atoms with van der Waals surface area (Å²) < 4.78 is 0. The molecule has 0 saturated heterocycles. The third-order valence-corrected chi connectivity index (χ3v) is 3.32. The lowest BCUT2D eigenvalue weighted by molar-refractivity contribution is -0.556. The molecule has 0 amide bonds. The fourth-order valence-corrected chi connectivity index (χ4v) is 1.90. The number of nitrogens with one attached hydrogen (secondary N) is 1. The Morgan fingerprint density at radius 1 is 1.04 bits per heavy atom. The van der Waals surface area contributed by atoms with E-state index in [4.69, 9.17) is 0 Å². The Bertz CT molecular complexity index is 741. The normalized spacial score (nSPS) is 12.0. The molecule has 0 atom stereocenters. The van der Waals surface area contributed by atoms with Crippen LogP contribution in [0.2, 0.25) is 0 Å². The molecule has 0 aliphatic heterocycles. The zero-order valence-corrected chi connectivity index (χ0v) is 14.1. The molecule has 0 spiro atoms. The first-order valence-corrected chi connectivity index (χ1v) is 7.85. The summed E-state index contributed by atoms with van der Waals surface area (Å²) in [6.07, 6.45) is 5.89. The summed E-state index contributed by atoms with van der Waals surface area (Å²) in [6.45, 7) is 5.90. The van der Waals surface area contributed by atoms with Crippen molar-refractivity contribution in [1.29, 1.82) is 0 Å². The maximum absolute atomic E-state index is 4.23. The van der Waals surface area contributed by atoms with Gasteiger partial charge in [-0.3, -0.25) is 0 Å². The summed E-state index contributed by atoms with van der Waals surface area (Å²) in [6, 6.07) is 17.8. The van der Waals surface area contributed by atoms with E-state index in [1.54, 1.807) is 0 Å². The van der Waals surface area contributed by atoms with Gasteiger partial charge >= 0.3 is 0 Å². The van der Waals surface area contributed by atoms with Gasteiger partial charge in [-0.2, -0.15) is 10.2 Å². The van der Waals surface area contributed by atoms with Crippen molar-refractivity contribution in [2.45, 2.75) is 6.92 Å². The number of hydrogen-bond acceptors (Lipinski definition) is 3. The average Bonchev–Trinajstić information content (AvgIpc) is 2.62. The monoisotopic (exact) mass is 319 g/mol. The number of nitrogens with two attached hydrogens (primary N) is 1. The molecule has 0 unspecified atom stereocenters. The quantitative estimate of drug-likeness (QED) is 0.565. The lowest BCUT2D eigenvalue weighted by Crippen LogP contribution is -2.72. The topological polar surface area (TPSA) is 53.4 Å². The lowest BCUT2D eigenvalue weighted by atomic mass is 10.2. The minimum absolute atomic E-state index is 0.655. The number of para-hydroxylation sites is 1. The van der Waals surface area contributed by atoms with Gasteiger partial charge in [0, 0.05) is 11.4 Å². The van der Waals surface area contributed by atoms with Gasteiger partial charge in [-0.25, -0.2) is 0 Å². The zero-order chi connectivity index (χ0) is 17.2. The summed E-state index contributed by atoms with van der Waals surface area (Å²) in [5.74, 6) is 0. The zero-order valence-electron chi connectivity index (χ0n) is 14.1. The van der Waals surface area contributed by atoms with Crippen LogP contribution in [-0.2, 0) is 0 Å². The van der Waals surface area contributed by atoms with E-state index in [1.807, 2.05) is 92.2 Å². The fourth-order valence-electron chi connectivity index (χ4n) is 1.90. The van der Waals surface area contributed by atoms with Crippen LogP contribution >= 0.6 is 0 Å². The highest BCUT2D eigenvalue weighted by atomic mass is 15.1. The van der Waals surface area contributed by atoms with Gasteiger partial charge in [-0.05, 0) is 55.0 Å². The Morgan fingerprint density at radius 3 is 2.38 bits per heavy atom. The molecule has 0 aliphatic rings. The predicted molar refractivity (Wildman–Crippen MR) is 101 cm³/mol. The summed E-state index contributed by atoms with van der Waals surface area (Å²) >= 11 is 0. The number of hydrogen-bond donors (Lipinski definition) is 2. The van der Waals surface area contributed by atoms with Gasteiger partial charge in [0.2, 0.25) is 0 Å². The van der Waals surface area contributed by atoms with Crippen molar-refractivity contribution in [3.05, 3.63) is 90.8 Å². The molecule has 0 fully saturated rings. The highest BCUT2D eigenvalue weighted by molar-refractivity contribution is 5.61. The molecule has 2 aromatic carbocycles. The summed E-state index contributed by atoms with van der Waals surface area (Å²) in [7, 11) is 1.98. The molecule has 0 saturated carbocycles. The molecule has 0 bridgehead atoms. The second-order valence-corrected chi connectivity index (χ2v) is 5.25. The van der Waals surface area contributed by atoms with E-state index in [1.165, 1.54) is 0 Å². The molecule has 0 aliphatic carbocycles. The molecule has 0 radical (unpaired) electrons. The van der Waals surface area contributed by atoms with Gasteiger partial charge in [-0.1, -0.05) is 30.9 Å². The number of allylic oxidation sites excluding steroid dienone is 3. The Labute approximate surface area is 143 Å². The van der Waals surface area contributed by atoms with Crippen LogP contribution in [0.1, 0.15) is 6.92 Å².